The molecule has 5 heteroatoms. The Balaban J connectivity index is 2.04. The van der Waals surface area contributed by atoms with Gasteiger partial charge in [-0.15, -0.1) is 10.1 Å². The molecule has 166 valence electrons. The Labute approximate surface area is 180 Å². The molecule has 0 aromatic heterocycles. The van der Waals surface area contributed by atoms with Crippen LogP contribution in [-0.2, 0) is 5.41 Å². The van der Waals surface area contributed by atoms with E-state index in [1.54, 1.807) is 0 Å². The van der Waals surface area contributed by atoms with E-state index in [2.05, 4.69) is 47.3 Å². The Morgan fingerprint density at radius 2 is 2.03 bits per heavy atom. The molecule has 1 aromatic rings. The third kappa shape index (κ3) is 4.65. The van der Waals surface area contributed by atoms with Crippen molar-refractivity contribution < 1.29 is 14.7 Å². The molecule has 2 unspecified atom stereocenters. The summed E-state index contributed by atoms with van der Waals surface area (Å²) in [5.74, 6) is 1.51. The average molecular weight is 416 g/mol. The number of benzene rings is 1. The van der Waals surface area contributed by atoms with E-state index in [9.17, 15) is 10.1 Å². The molecule has 1 aromatic carbocycles. The van der Waals surface area contributed by atoms with Crippen LogP contribution in [0.2, 0.25) is 0 Å². The second-order valence-corrected chi connectivity index (χ2v) is 10.3. The number of hydrogen-bond donors (Lipinski definition) is 0. The summed E-state index contributed by atoms with van der Waals surface area (Å²) in [6.07, 6.45) is 8.61. The van der Waals surface area contributed by atoms with E-state index in [-0.39, 0.29) is 22.9 Å². The monoisotopic (exact) mass is 415 g/mol. The molecule has 1 aliphatic heterocycles. The van der Waals surface area contributed by atoms with E-state index >= 15 is 0 Å². The number of rotatable bonds is 8. The van der Waals surface area contributed by atoms with E-state index in [0.29, 0.717) is 5.75 Å². The molecule has 0 amide bonds. The van der Waals surface area contributed by atoms with Crippen molar-refractivity contribution in [1.82, 2.24) is 0 Å². The SMILES string of the molecule is C=C1CCC2C(C1)c1c(O[N+](=O)[O-])cc(C(C)(C)CCCCCC)cc1OC2(C)C. The first-order valence-corrected chi connectivity index (χ1v) is 11.4. The van der Waals surface area contributed by atoms with Gasteiger partial charge in [-0.25, -0.2) is 0 Å². The Bertz CT molecular complexity index is 812. The second-order valence-electron chi connectivity index (χ2n) is 10.3. The van der Waals surface area contributed by atoms with Gasteiger partial charge >= 0.3 is 0 Å². The highest BCUT2D eigenvalue weighted by Crippen LogP contribution is 2.56. The molecule has 1 aliphatic carbocycles. The highest BCUT2D eigenvalue weighted by Gasteiger charge is 2.47. The van der Waals surface area contributed by atoms with Gasteiger partial charge in [0.25, 0.3) is 5.09 Å². The number of allylic oxidation sites excluding steroid dienone is 1. The fraction of sp³-hybridized carbons (Fsp3) is 0.680. The molecule has 30 heavy (non-hydrogen) atoms. The summed E-state index contributed by atoms with van der Waals surface area (Å²) in [5, 5.41) is 10.6. The second kappa shape index (κ2) is 8.60. The summed E-state index contributed by atoms with van der Waals surface area (Å²) in [6, 6.07) is 3.99. The molecule has 1 heterocycles. The maximum absolute atomic E-state index is 11.3. The van der Waals surface area contributed by atoms with Crippen LogP contribution in [0, 0.1) is 16.0 Å². The highest BCUT2D eigenvalue weighted by molar-refractivity contribution is 5.54. The summed E-state index contributed by atoms with van der Waals surface area (Å²) < 4.78 is 6.49. The van der Waals surface area contributed by atoms with Crippen molar-refractivity contribution in [2.45, 2.75) is 103 Å². The van der Waals surface area contributed by atoms with Gasteiger partial charge in [-0.2, -0.15) is 0 Å². The molecule has 0 spiro atoms. The standard InChI is InChI=1S/C25H37NO4/c1-7-8-9-10-13-24(3,4)18-15-21-23(22(16-18)30-26(27)28)19-14-17(2)11-12-20(19)25(5,6)29-21/h15-16,19-20H,2,7-14H2,1,3-6H3. The lowest BCUT2D eigenvalue weighted by molar-refractivity contribution is -0.711. The topological polar surface area (TPSA) is 61.6 Å². The van der Waals surface area contributed by atoms with Crippen LogP contribution < -0.4 is 9.57 Å². The van der Waals surface area contributed by atoms with Crippen molar-refractivity contribution in [3.63, 3.8) is 0 Å². The van der Waals surface area contributed by atoms with Crippen molar-refractivity contribution in [3.05, 3.63) is 45.5 Å². The minimum absolute atomic E-state index is 0.113. The van der Waals surface area contributed by atoms with Crippen LogP contribution in [0.25, 0.3) is 0 Å². The molecule has 1 fully saturated rings. The summed E-state index contributed by atoms with van der Waals surface area (Å²) >= 11 is 0. The predicted octanol–water partition coefficient (Wildman–Crippen LogP) is 7.12. The quantitative estimate of drug-likeness (QED) is 0.196. The van der Waals surface area contributed by atoms with Crippen LogP contribution in [0.5, 0.6) is 11.5 Å². The smallest absolute Gasteiger partial charge is 0.299 e. The summed E-state index contributed by atoms with van der Waals surface area (Å²) in [6.45, 7) is 15.1. The van der Waals surface area contributed by atoms with Crippen LogP contribution in [0.4, 0.5) is 0 Å². The van der Waals surface area contributed by atoms with E-state index in [1.807, 2.05) is 6.07 Å². The Hall–Kier alpha value is -2.04. The predicted molar refractivity (Wildman–Crippen MR) is 120 cm³/mol. The summed E-state index contributed by atoms with van der Waals surface area (Å²) in [7, 11) is 0. The van der Waals surface area contributed by atoms with Crippen molar-refractivity contribution in [3.8, 4) is 11.5 Å². The largest absolute Gasteiger partial charge is 0.487 e. The molecule has 0 N–H and O–H groups in total. The zero-order valence-electron chi connectivity index (χ0n) is 19.3. The molecule has 5 nitrogen and oxygen atoms in total. The van der Waals surface area contributed by atoms with Gasteiger partial charge in [-0.1, -0.05) is 58.6 Å². The van der Waals surface area contributed by atoms with Gasteiger partial charge in [0.05, 0.1) is 0 Å². The fourth-order valence-corrected chi connectivity index (χ4v) is 5.35. The van der Waals surface area contributed by atoms with Crippen LogP contribution in [0.1, 0.15) is 103 Å². The van der Waals surface area contributed by atoms with Crippen LogP contribution >= 0.6 is 0 Å². The van der Waals surface area contributed by atoms with Gasteiger partial charge in [0.2, 0.25) is 0 Å². The van der Waals surface area contributed by atoms with Crippen molar-refractivity contribution >= 4 is 0 Å². The van der Waals surface area contributed by atoms with Gasteiger partial charge in [-0.05, 0) is 62.6 Å². The Morgan fingerprint density at radius 3 is 2.70 bits per heavy atom. The zero-order chi connectivity index (χ0) is 22.1. The minimum atomic E-state index is -0.694. The van der Waals surface area contributed by atoms with Gasteiger partial charge < -0.3 is 4.74 Å². The lowest BCUT2D eigenvalue weighted by atomic mass is 9.65. The van der Waals surface area contributed by atoms with Crippen molar-refractivity contribution in [2.24, 2.45) is 5.92 Å². The van der Waals surface area contributed by atoms with Gasteiger partial charge in [-0.3, -0.25) is 4.84 Å². The normalized spacial score (nSPS) is 22.6. The summed E-state index contributed by atoms with van der Waals surface area (Å²) in [5.41, 5.74) is 2.65. The molecule has 3 rings (SSSR count). The molecule has 0 saturated heterocycles. The third-order valence-electron chi connectivity index (χ3n) is 7.15. The first-order valence-electron chi connectivity index (χ1n) is 11.4. The summed E-state index contributed by atoms with van der Waals surface area (Å²) in [4.78, 5) is 16.5. The molecule has 2 atom stereocenters. The first kappa shape index (κ1) is 22.6. The van der Waals surface area contributed by atoms with E-state index < -0.39 is 5.09 Å². The Morgan fingerprint density at radius 1 is 1.30 bits per heavy atom. The zero-order valence-corrected chi connectivity index (χ0v) is 19.3. The third-order valence-corrected chi connectivity index (χ3v) is 7.15. The van der Waals surface area contributed by atoms with Gasteiger partial charge in [0.15, 0.2) is 0 Å². The van der Waals surface area contributed by atoms with Gasteiger partial charge in [0.1, 0.15) is 17.1 Å². The molecule has 0 radical (unpaired) electrons. The number of unbranched alkanes of at least 4 members (excludes halogenated alkanes) is 3. The molecular weight excluding hydrogens is 378 g/mol. The number of fused-ring (bicyclic) bond motifs is 3. The van der Waals surface area contributed by atoms with Crippen molar-refractivity contribution in [2.75, 3.05) is 0 Å². The molecule has 0 bridgehead atoms. The molecule has 2 aliphatic rings. The molecular formula is C25H37NO4. The minimum Gasteiger partial charge on any atom is -0.487 e. The lowest BCUT2D eigenvalue weighted by Crippen LogP contribution is -2.46. The lowest BCUT2D eigenvalue weighted by Gasteiger charge is -2.48. The van der Waals surface area contributed by atoms with E-state index in [1.165, 1.54) is 24.8 Å². The average Bonchev–Trinajstić information content (AvgIpc) is 2.63. The van der Waals surface area contributed by atoms with Crippen molar-refractivity contribution in [1.29, 1.82) is 0 Å². The maximum Gasteiger partial charge on any atom is 0.299 e. The van der Waals surface area contributed by atoms with Crippen LogP contribution in [-0.4, -0.2) is 10.7 Å². The van der Waals surface area contributed by atoms with E-state index in [4.69, 9.17) is 9.57 Å². The number of hydrogen-bond acceptors (Lipinski definition) is 4. The number of ether oxygens (including phenoxy) is 1. The first-order chi connectivity index (χ1) is 14.0. The highest BCUT2D eigenvalue weighted by atomic mass is 17.0. The molecule has 1 saturated carbocycles. The van der Waals surface area contributed by atoms with Crippen LogP contribution in [0.3, 0.4) is 0 Å². The maximum atomic E-state index is 11.3. The van der Waals surface area contributed by atoms with Gasteiger partial charge in [0, 0.05) is 17.4 Å². The fourth-order valence-electron chi connectivity index (χ4n) is 5.35. The van der Waals surface area contributed by atoms with E-state index in [0.717, 1.165) is 49.0 Å². The number of nitrogens with zero attached hydrogens (tertiary/aromatic N) is 1. The van der Waals surface area contributed by atoms with Crippen LogP contribution in [0.15, 0.2) is 24.3 Å². The Kier molecular flexibility index (Phi) is 6.49.